The van der Waals surface area contributed by atoms with Gasteiger partial charge in [-0.05, 0) is 29.3 Å². The molecular weight excluding hydrogens is 308 g/mol. The van der Waals surface area contributed by atoms with E-state index in [2.05, 4.69) is 0 Å². The van der Waals surface area contributed by atoms with Crippen LogP contribution < -0.4 is 0 Å². The monoisotopic (exact) mass is 319 g/mol. The lowest BCUT2D eigenvalue weighted by molar-refractivity contribution is 0.582. The van der Waals surface area contributed by atoms with Crippen LogP contribution in [0.15, 0.2) is 53.4 Å². The molecule has 2 rings (SSSR count). The Morgan fingerprint density at radius 2 is 1.68 bits per heavy atom. The van der Waals surface area contributed by atoms with Crippen LogP contribution >= 0.6 is 0 Å². The average molecular weight is 319 g/mol. The summed E-state index contributed by atoms with van der Waals surface area (Å²) < 4.78 is 50.7. The molecule has 0 saturated carbocycles. The largest absolute Gasteiger partial charge is 0.223 e. The van der Waals surface area contributed by atoms with Gasteiger partial charge in [-0.2, -0.15) is 5.26 Å². The summed E-state index contributed by atoms with van der Waals surface area (Å²) in [5.74, 6) is -2.04. The molecule has 0 bridgehead atoms. The van der Waals surface area contributed by atoms with Crippen molar-refractivity contribution in [1.29, 1.82) is 5.26 Å². The predicted octanol–water partition coefficient (Wildman–Crippen LogP) is 3.44. The smallest absolute Gasteiger partial charge is 0.192 e. The summed E-state index contributed by atoms with van der Waals surface area (Å²) in [6.45, 7) is 0. The summed E-state index contributed by atoms with van der Waals surface area (Å²) in [4.78, 5) is -0.540. The van der Waals surface area contributed by atoms with Crippen LogP contribution in [0.5, 0.6) is 0 Å². The first-order chi connectivity index (χ1) is 10.4. The Kier molecular flexibility index (Phi) is 4.68. The molecule has 0 heterocycles. The van der Waals surface area contributed by atoms with Gasteiger partial charge in [-0.15, -0.1) is 0 Å². The van der Waals surface area contributed by atoms with Gasteiger partial charge in [0.05, 0.1) is 5.75 Å². The molecule has 2 aromatic rings. The van der Waals surface area contributed by atoms with E-state index in [1.807, 2.05) is 0 Å². The molecule has 0 aliphatic carbocycles. The lowest BCUT2D eigenvalue weighted by atomic mass is 10.2. The van der Waals surface area contributed by atoms with Crippen LogP contribution in [-0.4, -0.2) is 8.42 Å². The molecule has 0 unspecified atom stereocenters. The van der Waals surface area contributed by atoms with Crippen molar-refractivity contribution >= 4 is 15.9 Å². The minimum absolute atomic E-state index is 0.0225. The van der Waals surface area contributed by atoms with Crippen molar-refractivity contribution in [2.45, 2.75) is 5.75 Å². The first kappa shape index (κ1) is 15.9. The van der Waals surface area contributed by atoms with Gasteiger partial charge >= 0.3 is 0 Å². The third kappa shape index (κ3) is 3.99. The molecule has 6 heteroatoms. The predicted molar refractivity (Wildman–Crippen MR) is 79.0 cm³/mol. The van der Waals surface area contributed by atoms with Crippen LogP contribution in [0, 0.1) is 23.0 Å². The Morgan fingerprint density at radius 1 is 1.09 bits per heavy atom. The van der Waals surface area contributed by atoms with Crippen LogP contribution in [0.1, 0.15) is 11.1 Å². The highest BCUT2D eigenvalue weighted by atomic mass is 32.2. The number of hydrogen-bond donors (Lipinski definition) is 0. The molecule has 0 radical (unpaired) electrons. The number of nitriles is 1. The van der Waals surface area contributed by atoms with Gasteiger partial charge < -0.3 is 0 Å². The average Bonchev–Trinajstić information content (AvgIpc) is 2.44. The molecule has 0 amide bonds. The number of hydrogen-bond acceptors (Lipinski definition) is 3. The van der Waals surface area contributed by atoms with Gasteiger partial charge in [0.2, 0.25) is 0 Å². The molecular formula is C16H11F2NO2S. The Morgan fingerprint density at radius 3 is 2.23 bits per heavy atom. The zero-order valence-corrected chi connectivity index (χ0v) is 12.1. The van der Waals surface area contributed by atoms with Crippen LogP contribution in [0.2, 0.25) is 0 Å². The fourth-order valence-electron chi connectivity index (χ4n) is 1.87. The number of allylic oxidation sites excluding steroid dienone is 1. The Labute approximate surface area is 127 Å². The van der Waals surface area contributed by atoms with Crippen LogP contribution in [0.3, 0.4) is 0 Å². The van der Waals surface area contributed by atoms with Crippen molar-refractivity contribution in [3.05, 3.63) is 76.2 Å². The van der Waals surface area contributed by atoms with Crippen molar-refractivity contribution < 1.29 is 17.2 Å². The highest BCUT2D eigenvalue weighted by Crippen LogP contribution is 2.18. The van der Waals surface area contributed by atoms with Crippen LogP contribution in [0.4, 0.5) is 8.78 Å². The fraction of sp³-hybridized carbons (Fsp3) is 0.0625. The molecule has 0 N–H and O–H groups in total. The van der Waals surface area contributed by atoms with Crippen molar-refractivity contribution in [1.82, 2.24) is 0 Å². The number of rotatable bonds is 4. The summed E-state index contributed by atoms with van der Waals surface area (Å²) in [5.41, 5.74) is 0.500. The van der Waals surface area contributed by atoms with Gasteiger partial charge in [-0.25, -0.2) is 17.2 Å². The normalized spacial score (nSPS) is 12.0. The first-order valence-corrected chi connectivity index (χ1v) is 7.90. The summed E-state index contributed by atoms with van der Waals surface area (Å²) in [7, 11) is -3.89. The van der Waals surface area contributed by atoms with E-state index in [1.54, 1.807) is 36.4 Å². The third-order valence-electron chi connectivity index (χ3n) is 2.83. The second-order valence-electron chi connectivity index (χ2n) is 4.57. The Bertz CT molecular complexity index is 833. The molecule has 3 nitrogen and oxygen atoms in total. The lowest BCUT2D eigenvalue weighted by Crippen LogP contribution is -2.06. The molecule has 0 aliphatic rings. The van der Waals surface area contributed by atoms with E-state index in [1.165, 1.54) is 0 Å². The summed E-state index contributed by atoms with van der Waals surface area (Å²) in [5, 5.41) is 9.05. The molecule has 0 spiro atoms. The van der Waals surface area contributed by atoms with E-state index in [-0.39, 0.29) is 11.3 Å². The van der Waals surface area contributed by atoms with E-state index in [4.69, 9.17) is 5.26 Å². The lowest BCUT2D eigenvalue weighted by Gasteiger charge is -2.03. The highest BCUT2D eigenvalue weighted by molar-refractivity contribution is 7.95. The van der Waals surface area contributed by atoms with E-state index < -0.39 is 26.4 Å². The zero-order chi connectivity index (χ0) is 16.2. The van der Waals surface area contributed by atoms with Gasteiger partial charge in [0.1, 0.15) is 22.6 Å². The Hall–Kier alpha value is -2.52. The zero-order valence-electron chi connectivity index (χ0n) is 11.3. The van der Waals surface area contributed by atoms with Crippen molar-refractivity contribution in [3.8, 4) is 6.07 Å². The minimum atomic E-state index is -3.89. The molecule has 0 saturated heterocycles. The molecule has 0 aromatic heterocycles. The number of nitrogens with zero attached hydrogens (tertiary/aromatic N) is 1. The Balaban J connectivity index is 2.38. The van der Waals surface area contributed by atoms with Crippen molar-refractivity contribution in [2.75, 3.05) is 0 Å². The SMILES string of the molecule is N#C/C(=C/c1cc(F)cc(F)c1)S(=O)(=O)Cc1ccccc1. The maximum Gasteiger partial charge on any atom is 0.192 e. The molecule has 0 aliphatic heterocycles. The van der Waals surface area contributed by atoms with Crippen LogP contribution in [0.25, 0.3) is 6.08 Å². The van der Waals surface area contributed by atoms with E-state index in [0.29, 0.717) is 11.6 Å². The van der Waals surface area contributed by atoms with Crippen molar-refractivity contribution in [2.24, 2.45) is 0 Å². The quantitative estimate of drug-likeness (QED) is 0.811. The molecule has 22 heavy (non-hydrogen) atoms. The van der Waals surface area contributed by atoms with E-state index in [0.717, 1.165) is 18.2 Å². The minimum Gasteiger partial charge on any atom is -0.223 e. The number of halogens is 2. The van der Waals surface area contributed by atoms with E-state index >= 15 is 0 Å². The van der Waals surface area contributed by atoms with Gasteiger partial charge in [-0.1, -0.05) is 30.3 Å². The van der Waals surface area contributed by atoms with Crippen LogP contribution in [-0.2, 0) is 15.6 Å². The number of benzene rings is 2. The molecule has 0 fully saturated rings. The summed E-state index contributed by atoms with van der Waals surface area (Å²) in [6.07, 6.45) is 0.963. The second-order valence-corrected chi connectivity index (χ2v) is 6.53. The fourth-order valence-corrected chi connectivity index (χ4v) is 3.11. The molecule has 2 aromatic carbocycles. The standard InChI is InChI=1S/C16H11F2NO2S/c17-14-6-13(7-15(18)9-14)8-16(10-19)22(20,21)11-12-4-2-1-3-5-12/h1-9H,11H2/b16-8-. The number of sulfone groups is 1. The second kappa shape index (κ2) is 6.50. The van der Waals surface area contributed by atoms with Gasteiger partial charge in [0, 0.05) is 6.07 Å². The van der Waals surface area contributed by atoms with E-state index in [9.17, 15) is 17.2 Å². The van der Waals surface area contributed by atoms with Gasteiger partial charge in [0.25, 0.3) is 0 Å². The summed E-state index contributed by atoms with van der Waals surface area (Å²) >= 11 is 0. The molecule has 0 atom stereocenters. The van der Waals surface area contributed by atoms with Gasteiger partial charge in [-0.3, -0.25) is 0 Å². The highest BCUT2D eigenvalue weighted by Gasteiger charge is 2.18. The summed E-state index contributed by atoms with van der Waals surface area (Å²) in [6, 6.07) is 12.5. The first-order valence-electron chi connectivity index (χ1n) is 6.25. The maximum atomic E-state index is 13.1. The van der Waals surface area contributed by atoms with Crippen molar-refractivity contribution in [3.63, 3.8) is 0 Å². The van der Waals surface area contributed by atoms with Gasteiger partial charge in [0.15, 0.2) is 9.84 Å². The molecule has 112 valence electrons. The third-order valence-corrected chi connectivity index (χ3v) is 4.42. The topological polar surface area (TPSA) is 57.9 Å². The maximum absolute atomic E-state index is 13.1.